The molecule has 4 heteroatoms. The molecular weight excluding hydrogens is 765 g/mol. The van der Waals surface area contributed by atoms with Crippen molar-refractivity contribution in [2.45, 2.75) is 0 Å². The van der Waals surface area contributed by atoms with E-state index in [1.807, 2.05) is 18.2 Å². The molecule has 0 aliphatic rings. The van der Waals surface area contributed by atoms with Gasteiger partial charge in [0.2, 0.25) is 0 Å². The summed E-state index contributed by atoms with van der Waals surface area (Å²) >= 11 is 0. The summed E-state index contributed by atoms with van der Waals surface area (Å²) in [6.45, 7) is 0. The molecule has 294 valence electrons. The van der Waals surface area contributed by atoms with Crippen LogP contribution in [0.4, 0.5) is 0 Å². The summed E-state index contributed by atoms with van der Waals surface area (Å²) in [4.78, 5) is 15.9. The van der Waals surface area contributed by atoms with E-state index in [1.165, 1.54) is 38.1 Å². The van der Waals surface area contributed by atoms with E-state index in [-0.39, 0.29) is 0 Å². The molecule has 0 aliphatic heterocycles. The molecule has 12 aromatic rings. The van der Waals surface area contributed by atoms with Gasteiger partial charge in [-0.1, -0.05) is 182 Å². The summed E-state index contributed by atoms with van der Waals surface area (Å²) in [6.07, 6.45) is 0. The molecule has 0 N–H and O–H groups in total. The van der Waals surface area contributed by atoms with Crippen molar-refractivity contribution in [1.82, 2.24) is 19.5 Å². The fourth-order valence-corrected chi connectivity index (χ4v) is 9.25. The van der Waals surface area contributed by atoms with Crippen LogP contribution in [0.5, 0.6) is 0 Å². The molecule has 0 amide bonds. The first-order chi connectivity index (χ1) is 31.2. The molecule has 4 nitrogen and oxygen atoms in total. The molecule has 0 radical (unpaired) electrons. The predicted molar refractivity (Wildman–Crippen MR) is 262 cm³/mol. The minimum atomic E-state index is 0.679. The number of hydrogen-bond donors (Lipinski definition) is 0. The van der Waals surface area contributed by atoms with Crippen molar-refractivity contribution in [1.29, 1.82) is 0 Å². The zero-order chi connectivity index (χ0) is 41.7. The fraction of sp³-hybridized carbons (Fsp3) is 0. The van der Waals surface area contributed by atoms with Crippen LogP contribution >= 0.6 is 0 Å². The number of rotatable bonds is 7. The summed E-state index contributed by atoms with van der Waals surface area (Å²) in [6, 6.07) is 81.5. The van der Waals surface area contributed by atoms with Gasteiger partial charge in [-0.05, 0) is 81.6 Å². The van der Waals surface area contributed by atoms with Crippen LogP contribution in [0.3, 0.4) is 0 Å². The van der Waals surface area contributed by atoms with E-state index in [4.69, 9.17) is 15.0 Å². The third kappa shape index (κ3) is 6.44. The largest absolute Gasteiger partial charge is 0.309 e. The van der Waals surface area contributed by atoms with Crippen LogP contribution in [-0.2, 0) is 0 Å². The second kappa shape index (κ2) is 15.2. The van der Waals surface area contributed by atoms with Crippen molar-refractivity contribution in [3.8, 4) is 73.1 Å². The van der Waals surface area contributed by atoms with Crippen molar-refractivity contribution >= 4 is 43.5 Å². The molecule has 0 saturated carbocycles. The lowest BCUT2D eigenvalue weighted by Gasteiger charge is -2.16. The van der Waals surface area contributed by atoms with E-state index in [0.717, 1.165) is 72.6 Å². The number of nitrogens with zero attached hydrogens (tertiary/aromatic N) is 4. The number of hydrogen-bond acceptors (Lipinski definition) is 3. The highest BCUT2D eigenvalue weighted by molar-refractivity contribution is 6.18. The predicted octanol–water partition coefficient (Wildman–Crippen LogP) is 15.3. The third-order valence-corrected chi connectivity index (χ3v) is 12.2. The van der Waals surface area contributed by atoms with Gasteiger partial charge in [-0.3, -0.25) is 0 Å². The number of para-hydroxylation sites is 2. The monoisotopic (exact) mass is 802 g/mol. The third-order valence-electron chi connectivity index (χ3n) is 12.2. The van der Waals surface area contributed by atoms with Gasteiger partial charge < -0.3 is 4.57 Å². The first kappa shape index (κ1) is 36.4. The van der Waals surface area contributed by atoms with Gasteiger partial charge >= 0.3 is 0 Å². The average molecular weight is 803 g/mol. The van der Waals surface area contributed by atoms with Gasteiger partial charge in [0.05, 0.1) is 33.6 Å². The maximum atomic E-state index is 5.38. The van der Waals surface area contributed by atoms with Gasteiger partial charge in [-0.25, -0.2) is 15.0 Å². The van der Waals surface area contributed by atoms with Crippen LogP contribution < -0.4 is 0 Å². The highest BCUT2D eigenvalue weighted by atomic mass is 15.0. The number of fused-ring (bicyclic) bond motifs is 6. The molecule has 0 bridgehead atoms. The highest BCUT2D eigenvalue weighted by Crippen LogP contribution is 2.42. The standard InChI is InChI=1S/C59H38N4/c1-4-18-39(19-5-1)51-37-52(40-20-6-2-7-21-40)60-55-36-50(46-28-10-11-31-49(46)58(51)55)42-24-16-25-43(34-42)53-38-54(62-59(61-53)41-22-8-3-9-23-41)44-26-17-27-45(35-44)63-56-32-14-12-29-47(56)48-30-13-15-33-57(48)63/h1-38H. The SMILES string of the molecule is c1ccc(-c2cc(-c3ccccc3)c3c(cc(-c4cccc(-c5cc(-c6cccc(-n7c8ccccc8c8ccccc87)c6)nc(-c6ccccc6)n5)c4)c4ccccc43)n2)cc1. The molecule has 63 heavy (non-hydrogen) atoms. The van der Waals surface area contributed by atoms with Crippen molar-refractivity contribution in [2.24, 2.45) is 0 Å². The number of benzene rings is 9. The Labute approximate surface area is 365 Å². The minimum absolute atomic E-state index is 0.679. The summed E-state index contributed by atoms with van der Waals surface area (Å²) in [5.41, 5.74) is 15.6. The Balaban J connectivity index is 1.03. The first-order valence-corrected chi connectivity index (χ1v) is 21.4. The average Bonchev–Trinajstić information content (AvgIpc) is 3.71. The fourth-order valence-electron chi connectivity index (χ4n) is 9.25. The molecule has 0 unspecified atom stereocenters. The van der Waals surface area contributed by atoms with Crippen molar-refractivity contribution in [3.63, 3.8) is 0 Å². The van der Waals surface area contributed by atoms with Gasteiger partial charge in [0.15, 0.2) is 5.82 Å². The molecule has 12 rings (SSSR count). The van der Waals surface area contributed by atoms with Crippen molar-refractivity contribution < 1.29 is 0 Å². The van der Waals surface area contributed by atoms with Crippen LogP contribution in [0.15, 0.2) is 231 Å². The second-order valence-electron chi connectivity index (χ2n) is 16.0. The van der Waals surface area contributed by atoms with E-state index < -0.39 is 0 Å². The summed E-state index contributed by atoms with van der Waals surface area (Å²) in [5.74, 6) is 0.679. The Morgan fingerprint density at radius 1 is 0.286 bits per heavy atom. The molecule has 0 fully saturated rings. The molecule has 0 atom stereocenters. The normalized spacial score (nSPS) is 11.5. The van der Waals surface area contributed by atoms with Gasteiger partial charge in [0.1, 0.15) is 0 Å². The zero-order valence-corrected chi connectivity index (χ0v) is 34.2. The molecular formula is C59H38N4. The van der Waals surface area contributed by atoms with E-state index in [2.05, 4.69) is 217 Å². The summed E-state index contributed by atoms with van der Waals surface area (Å²) in [5, 5.41) is 5.95. The molecule has 0 spiro atoms. The van der Waals surface area contributed by atoms with Crippen LogP contribution in [0, 0.1) is 0 Å². The quantitative estimate of drug-likeness (QED) is 0.151. The number of pyridine rings is 1. The highest BCUT2D eigenvalue weighted by Gasteiger charge is 2.18. The zero-order valence-electron chi connectivity index (χ0n) is 34.2. The van der Waals surface area contributed by atoms with Gasteiger partial charge in [0.25, 0.3) is 0 Å². The molecule has 9 aromatic carbocycles. The summed E-state index contributed by atoms with van der Waals surface area (Å²) in [7, 11) is 0. The smallest absolute Gasteiger partial charge is 0.160 e. The number of aromatic nitrogens is 4. The van der Waals surface area contributed by atoms with Crippen molar-refractivity contribution in [2.75, 3.05) is 0 Å². The maximum Gasteiger partial charge on any atom is 0.160 e. The Hall–Kier alpha value is -8.47. The molecule has 3 heterocycles. The lowest BCUT2D eigenvalue weighted by atomic mass is 9.90. The molecule has 3 aromatic heterocycles. The minimum Gasteiger partial charge on any atom is -0.309 e. The van der Waals surface area contributed by atoms with Crippen molar-refractivity contribution in [3.05, 3.63) is 231 Å². The molecule has 0 aliphatic carbocycles. The van der Waals surface area contributed by atoms with Crippen LogP contribution in [0.25, 0.3) is 117 Å². The van der Waals surface area contributed by atoms with Gasteiger partial charge in [-0.2, -0.15) is 0 Å². The maximum absolute atomic E-state index is 5.38. The van der Waals surface area contributed by atoms with Crippen LogP contribution in [-0.4, -0.2) is 19.5 Å². The topological polar surface area (TPSA) is 43.6 Å². The van der Waals surface area contributed by atoms with E-state index in [1.54, 1.807) is 0 Å². The Morgan fingerprint density at radius 2 is 0.778 bits per heavy atom. The molecule has 0 saturated heterocycles. The summed E-state index contributed by atoms with van der Waals surface area (Å²) < 4.78 is 2.35. The van der Waals surface area contributed by atoms with Gasteiger partial charge in [0, 0.05) is 44.1 Å². The second-order valence-corrected chi connectivity index (χ2v) is 16.0. The van der Waals surface area contributed by atoms with Crippen LogP contribution in [0.2, 0.25) is 0 Å². The van der Waals surface area contributed by atoms with E-state index in [9.17, 15) is 0 Å². The van der Waals surface area contributed by atoms with E-state index in [0.29, 0.717) is 5.82 Å². The lowest BCUT2D eigenvalue weighted by molar-refractivity contribution is 1.16. The van der Waals surface area contributed by atoms with Crippen LogP contribution in [0.1, 0.15) is 0 Å². The first-order valence-electron chi connectivity index (χ1n) is 21.4. The van der Waals surface area contributed by atoms with Gasteiger partial charge in [-0.15, -0.1) is 0 Å². The van der Waals surface area contributed by atoms with E-state index >= 15 is 0 Å². The lowest BCUT2D eigenvalue weighted by Crippen LogP contribution is -1.98. The Kier molecular flexibility index (Phi) is 8.79. The Bertz CT molecular complexity index is 3620. The Morgan fingerprint density at radius 3 is 1.44 bits per heavy atom.